The third-order valence-corrected chi connectivity index (χ3v) is 4.74. The zero-order valence-corrected chi connectivity index (χ0v) is 15.3. The minimum Gasteiger partial charge on any atom is -0.331 e. The van der Waals surface area contributed by atoms with Gasteiger partial charge < -0.3 is 10.6 Å². The molecule has 8 heteroatoms. The minimum atomic E-state index is -3.71. The largest absolute Gasteiger partial charge is 0.331 e. The Kier molecular flexibility index (Phi) is 5.60. The van der Waals surface area contributed by atoms with Gasteiger partial charge in [-0.2, -0.15) is 0 Å². The monoisotopic (exact) mass is 445 g/mol. The Morgan fingerprint density at radius 2 is 1.83 bits per heavy atom. The van der Waals surface area contributed by atoms with Gasteiger partial charge in [-0.25, -0.2) is 18.4 Å². The van der Waals surface area contributed by atoms with Gasteiger partial charge in [0.1, 0.15) is 0 Å². The molecule has 1 atom stereocenters. The van der Waals surface area contributed by atoms with Gasteiger partial charge in [0.25, 0.3) is 0 Å². The molecule has 23 heavy (non-hydrogen) atoms. The molecule has 0 radical (unpaired) electrons. The Hall–Kier alpha value is -1.65. The molecule has 2 amide bonds. The summed E-state index contributed by atoms with van der Waals surface area (Å²) in [4.78, 5) is 12.0. The predicted octanol–water partition coefficient (Wildman–Crippen LogP) is 2.82. The number of nitrogens with two attached hydrogens (primary N) is 1. The van der Waals surface area contributed by atoms with Crippen molar-refractivity contribution in [2.45, 2.75) is 17.9 Å². The number of urea groups is 1. The lowest BCUT2D eigenvalue weighted by Crippen LogP contribution is -2.31. The van der Waals surface area contributed by atoms with E-state index in [1.165, 1.54) is 12.1 Å². The van der Waals surface area contributed by atoms with Crippen LogP contribution in [0.5, 0.6) is 0 Å². The third-order valence-electron chi connectivity index (χ3n) is 3.14. The number of hydrogen-bond acceptors (Lipinski definition) is 3. The molecule has 0 saturated carbocycles. The van der Waals surface area contributed by atoms with E-state index < -0.39 is 10.0 Å². The summed E-state index contributed by atoms with van der Waals surface area (Å²) in [5, 5.41) is 10.6. The molecule has 0 bridgehead atoms. The molecule has 2 aromatic rings. The van der Waals surface area contributed by atoms with E-state index in [1.54, 1.807) is 25.1 Å². The highest BCUT2D eigenvalue weighted by molar-refractivity contribution is 14.1. The molecule has 0 saturated heterocycles. The highest BCUT2D eigenvalue weighted by atomic mass is 127. The number of halogens is 1. The quantitative estimate of drug-likeness (QED) is 0.631. The van der Waals surface area contributed by atoms with Crippen LogP contribution in [0.15, 0.2) is 53.4 Å². The van der Waals surface area contributed by atoms with Crippen LogP contribution in [0.25, 0.3) is 0 Å². The van der Waals surface area contributed by atoms with Gasteiger partial charge in [0.15, 0.2) is 0 Å². The Bertz CT molecular complexity index is 807. The van der Waals surface area contributed by atoms with Gasteiger partial charge >= 0.3 is 6.03 Å². The van der Waals surface area contributed by atoms with Crippen LogP contribution in [0.3, 0.4) is 0 Å². The number of carbonyl (C=O) groups excluding carboxylic acids is 1. The number of rotatable bonds is 4. The van der Waals surface area contributed by atoms with Crippen molar-refractivity contribution in [3.05, 3.63) is 57.7 Å². The second-order valence-corrected chi connectivity index (χ2v) is 7.75. The van der Waals surface area contributed by atoms with E-state index in [0.29, 0.717) is 5.69 Å². The van der Waals surface area contributed by atoms with E-state index in [1.807, 2.05) is 18.2 Å². The maximum Gasteiger partial charge on any atom is 0.319 e. The van der Waals surface area contributed by atoms with Crippen LogP contribution in [-0.4, -0.2) is 14.4 Å². The first-order valence-electron chi connectivity index (χ1n) is 6.71. The summed E-state index contributed by atoms with van der Waals surface area (Å²) in [5.74, 6) is 0. The highest BCUT2D eigenvalue weighted by Gasteiger charge is 2.12. The van der Waals surface area contributed by atoms with E-state index in [-0.39, 0.29) is 17.0 Å². The predicted molar refractivity (Wildman–Crippen MR) is 97.5 cm³/mol. The Morgan fingerprint density at radius 3 is 2.39 bits per heavy atom. The molecule has 0 aliphatic rings. The fourth-order valence-electron chi connectivity index (χ4n) is 1.96. The van der Waals surface area contributed by atoms with Crippen molar-refractivity contribution in [2.24, 2.45) is 5.14 Å². The third kappa shape index (κ3) is 5.19. The Balaban J connectivity index is 2.01. The molecule has 2 rings (SSSR count). The summed E-state index contributed by atoms with van der Waals surface area (Å²) in [6.07, 6.45) is 0. The molecule has 1 unspecified atom stereocenters. The van der Waals surface area contributed by atoms with E-state index in [2.05, 4.69) is 33.2 Å². The van der Waals surface area contributed by atoms with Crippen molar-refractivity contribution < 1.29 is 13.2 Å². The summed E-state index contributed by atoms with van der Waals surface area (Å²) < 4.78 is 23.5. The van der Waals surface area contributed by atoms with Gasteiger partial charge in [0.2, 0.25) is 10.0 Å². The maximum atomic E-state index is 12.0. The zero-order chi connectivity index (χ0) is 17.0. The molecule has 6 nitrogen and oxygen atoms in total. The Morgan fingerprint density at radius 1 is 1.17 bits per heavy atom. The molecule has 0 spiro atoms. The molecule has 0 aliphatic heterocycles. The van der Waals surface area contributed by atoms with Gasteiger partial charge in [-0.05, 0) is 65.4 Å². The number of hydrogen-bond donors (Lipinski definition) is 3. The molecule has 0 fully saturated rings. The normalized spacial score (nSPS) is 12.5. The van der Waals surface area contributed by atoms with Crippen LogP contribution in [0.4, 0.5) is 10.5 Å². The van der Waals surface area contributed by atoms with E-state index in [0.717, 1.165) is 9.13 Å². The first kappa shape index (κ1) is 17.7. The summed E-state index contributed by atoms with van der Waals surface area (Å²) >= 11 is 2.17. The van der Waals surface area contributed by atoms with Gasteiger partial charge in [-0.1, -0.05) is 18.2 Å². The van der Waals surface area contributed by atoms with Crippen molar-refractivity contribution in [3.8, 4) is 0 Å². The average molecular weight is 445 g/mol. The minimum absolute atomic E-state index is 0.0387. The van der Waals surface area contributed by atoms with Crippen LogP contribution < -0.4 is 15.8 Å². The zero-order valence-electron chi connectivity index (χ0n) is 12.3. The van der Waals surface area contributed by atoms with Gasteiger partial charge in [-0.3, -0.25) is 0 Å². The number of sulfonamides is 1. The van der Waals surface area contributed by atoms with Crippen molar-refractivity contribution >= 4 is 44.3 Å². The number of amides is 2. The lowest BCUT2D eigenvalue weighted by atomic mass is 10.1. The first-order chi connectivity index (χ1) is 10.8. The van der Waals surface area contributed by atoms with Crippen molar-refractivity contribution in [1.82, 2.24) is 5.32 Å². The number of benzene rings is 2. The van der Waals surface area contributed by atoms with Crippen LogP contribution >= 0.6 is 22.6 Å². The fourth-order valence-corrected chi connectivity index (χ4v) is 3.02. The van der Waals surface area contributed by atoms with Crippen LogP contribution in [0.2, 0.25) is 0 Å². The standard InChI is InChI=1S/C15H16IN3O3S/c1-10(11-5-7-14(8-6-11)23(17,21)22)18-15(20)19-13-4-2-3-12(16)9-13/h2-10H,1H3,(H2,17,21,22)(H2,18,19,20). The highest BCUT2D eigenvalue weighted by Crippen LogP contribution is 2.16. The summed E-state index contributed by atoms with van der Waals surface area (Å²) in [6, 6.07) is 12.9. The number of anilines is 1. The Labute approximate surface area is 148 Å². The van der Waals surface area contributed by atoms with E-state index >= 15 is 0 Å². The maximum absolute atomic E-state index is 12.0. The topological polar surface area (TPSA) is 101 Å². The van der Waals surface area contributed by atoms with Gasteiger partial charge in [0.05, 0.1) is 10.9 Å². The smallest absolute Gasteiger partial charge is 0.319 e. The second kappa shape index (κ2) is 7.28. The molecule has 4 N–H and O–H groups in total. The van der Waals surface area contributed by atoms with Gasteiger partial charge in [-0.15, -0.1) is 0 Å². The van der Waals surface area contributed by atoms with Gasteiger partial charge in [0, 0.05) is 9.26 Å². The molecule has 0 heterocycles. The SMILES string of the molecule is CC(NC(=O)Nc1cccc(I)c1)c1ccc(S(N)(=O)=O)cc1. The van der Waals surface area contributed by atoms with E-state index in [9.17, 15) is 13.2 Å². The molecule has 0 aromatic heterocycles. The van der Waals surface area contributed by atoms with Crippen LogP contribution in [-0.2, 0) is 10.0 Å². The molecular weight excluding hydrogens is 429 g/mol. The van der Waals surface area contributed by atoms with Crippen LogP contribution in [0, 0.1) is 3.57 Å². The number of carbonyl (C=O) groups is 1. The van der Waals surface area contributed by atoms with Crippen molar-refractivity contribution in [1.29, 1.82) is 0 Å². The molecular formula is C15H16IN3O3S. The van der Waals surface area contributed by atoms with Crippen molar-refractivity contribution in [3.63, 3.8) is 0 Å². The summed E-state index contributed by atoms with van der Waals surface area (Å²) in [6.45, 7) is 1.81. The van der Waals surface area contributed by atoms with Crippen LogP contribution in [0.1, 0.15) is 18.5 Å². The lowest BCUT2D eigenvalue weighted by Gasteiger charge is -2.15. The molecule has 122 valence electrons. The molecule has 2 aromatic carbocycles. The van der Waals surface area contributed by atoms with E-state index in [4.69, 9.17) is 5.14 Å². The second-order valence-electron chi connectivity index (χ2n) is 4.94. The first-order valence-corrected chi connectivity index (χ1v) is 9.34. The lowest BCUT2D eigenvalue weighted by molar-refractivity contribution is 0.249. The summed E-state index contributed by atoms with van der Waals surface area (Å²) in [7, 11) is -3.71. The molecule has 0 aliphatic carbocycles. The number of primary sulfonamides is 1. The summed E-state index contributed by atoms with van der Waals surface area (Å²) in [5.41, 5.74) is 1.47. The van der Waals surface area contributed by atoms with Crippen molar-refractivity contribution in [2.75, 3.05) is 5.32 Å². The average Bonchev–Trinajstić information content (AvgIpc) is 2.46. The number of nitrogens with one attached hydrogen (secondary N) is 2. The fraction of sp³-hybridized carbons (Fsp3) is 0.133.